The highest BCUT2D eigenvalue weighted by molar-refractivity contribution is 8.13. The lowest BCUT2D eigenvalue weighted by atomic mass is 9.72. The summed E-state index contributed by atoms with van der Waals surface area (Å²) in [7, 11) is 0. The zero-order valence-electron chi connectivity index (χ0n) is 16.3. The number of ether oxygens (including phenoxy) is 1. The number of amides is 1. The molecule has 1 fully saturated rings. The molecule has 1 saturated heterocycles. The lowest BCUT2D eigenvalue weighted by molar-refractivity contribution is -0.0339. The summed E-state index contributed by atoms with van der Waals surface area (Å²) in [6.45, 7) is 2.88. The molecule has 3 N–H and O–H groups in total. The van der Waals surface area contributed by atoms with Crippen molar-refractivity contribution >= 4 is 28.5 Å². The van der Waals surface area contributed by atoms with E-state index in [1.807, 2.05) is 6.07 Å². The average Bonchev–Trinajstić information content (AvgIpc) is 2.75. The number of hydrogen-bond donors (Lipinski definition) is 2. The molecule has 3 atom stereocenters. The van der Waals surface area contributed by atoms with E-state index in [0.717, 1.165) is 5.75 Å². The predicted molar refractivity (Wildman–Crippen MR) is 113 cm³/mol. The molecule has 154 valence electrons. The molecule has 7 nitrogen and oxygen atoms in total. The number of thioether (sulfide) groups is 1. The number of amidine groups is 1. The SMILES string of the molecule is CC1COCC2(c3cc(NC(=O)c4ccc(C#N)cn4)ccc3F)N=C(N)SCC12. The van der Waals surface area contributed by atoms with Gasteiger partial charge >= 0.3 is 0 Å². The zero-order chi connectivity index (χ0) is 21.3. The molecule has 1 amide bonds. The van der Waals surface area contributed by atoms with Crippen LogP contribution in [0.4, 0.5) is 10.1 Å². The fraction of sp³-hybridized carbons (Fsp3) is 0.333. The number of carbonyl (C=O) groups excluding carboxylic acids is 1. The number of pyridine rings is 1. The van der Waals surface area contributed by atoms with Gasteiger partial charge in [-0.2, -0.15) is 5.26 Å². The molecule has 2 aliphatic rings. The Hall–Kier alpha value is -2.96. The Morgan fingerprint density at radius 1 is 1.43 bits per heavy atom. The molecule has 0 spiro atoms. The maximum absolute atomic E-state index is 15.0. The topological polar surface area (TPSA) is 113 Å². The minimum atomic E-state index is -0.926. The van der Waals surface area contributed by atoms with E-state index in [-0.39, 0.29) is 24.1 Å². The maximum atomic E-state index is 15.0. The molecule has 3 heterocycles. The van der Waals surface area contributed by atoms with Gasteiger partial charge in [0.15, 0.2) is 5.17 Å². The molecule has 2 aliphatic heterocycles. The fourth-order valence-electron chi connectivity index (χ4n) is 3.98. The van der Waals surface area contributed by atoms with Gasteiger partial charge in [-0.15, -0.1) is 0 Å². The Morgan fingerprint density at radius 3 is 3.00 bits per heavy atom. The van der Waals surface area contributed by atoms with Crippen molar-refractivity contribution in [3.8, 4) is 6.07 Å². The molecule has 0 bridgehead atoms. The number of carbonyl (C=O) groups is 1. The van der Waals surface area contributed by atoms with Gasteiger partial charge in [0, 0.05) is 35.7 Å². The summed E-state index contributed by atoms with van der Waals surface area (Å²) in [5, 5.41) is 12.0. The van der Waals surface area contributed by atoms with Gasteiger partial charge in [0.05, 0.1) is 12.2 Å². The first-order chi connectivity index (χ1) is 14.4. The molecule has 0 saturated carbocycles. The van der Waals surface area contributed by atoms with Crippen molar-refractivity contribution in [3.05, 3.63) is 59.2 Å². The van der Waals surface area contributed by atoms with Gasteiger partial charge in [0.25, 0.3) is 5.91 Å². The van der Waals surface area contributed by atoms with Crippen molar-refractivity contribution in [1.29, 1.82) is 5.26 Å². The number of fused-ring (bicyclic) bond motifs is 1. The number of benzene rings is 1. The fourth-order valence-corrected chi connectivity index (χ4v) is 5.16. The van der Waals surface area contributed by atoms with Crippen LogP contribution in [0, 0.1) is 29.0 Å². The number of halogens is 1. The number of nitrogens with two attached hydrogens (primary N) is 1. The Kier molecular flexibility index (Phi) is 5.45. The second-order valence-corrected chi connectivity index (χ2v) is 8.52. The van der Waals surface area contributed by atoms with E-state index in [4.69, 9.17) is 15.7 Å². The number of aliphatic imine (C=N–C) groups is 1. The van der Waals surface area contributed by atoms with Crippen LogP contribution < -0.4 is 11.1 Å². The number of aromatic nitrogens is 1. The Balaban J connectivity index is 1.68. The van der Waals surface area contributed by atoms with Gasteiger partial charge in [-0.1, -0.05) is 18.7 Å². The Morgan fingerprint density at radius 2 is 2.27 bits per heavy atom. The minimum Gasteiger partial charge on any atom is -0.379 e. The van der Waals surface area contributed by atoms with Crippen LogP contribution in [0.5, 0.6) is 0 Å². The van der Waals surface area contributed by atoms with Crippen molar-refractivity contribution in [1.82, 2.24) is 4.98 Å². The van der Waals surface area contributed by atoms with E-state index in [2.05, 4.69) is 22.2 Å². The summed E-state index contributed by atoms with van der Waals surface area (Å²) >= 11 is 1.47. The van der Waals surface area contributed by atoms with Gasteiger partial charge in [-0.25, -0.2) is 14.4 Å². The summed E-state index contributed by atoms with van der Waals surface area (Å²) in [5.41, 5.74) is 6.37. The molecule has 4 rings (SSSR count). The van der Waals surface area contributed by atoms with E-state index in [0.29, 0.717) is 28.6 Å². The van der Waals surface area contributed by atoms with Crippen molar-refractivity contribution in [2.45, 2.75) is 12.5 Å². The van der Waals surface area contributed by atoms with Crippen LogP contribution in [0.1, 0.15) is 28.5 Å². The Bertz CT molecular complexity index is 1050. The quantitative estimate of drug-likeness (QED) is 0.782. The third kappa shape index (κ3) is 3.64. The Labute approximate surface area is 177 Å². The highest BCUT2D eigenvalue weighted by Gasteiger charge is 2.50. The van der Waals surface area contributed by atoms with Crippen LogP contribution in [-0.2, 0) is 10.3 Å². The molecule has 1 aromatic heterocycles. The van der Waals surface area contributed by atoms with E-state index in [1.165, 1.54) is 42.2 Å². The predicted octanol–water partition coefficient (Wildman–Crippen LogP) is 2.88. The lowest BCUT2D eigenvalue weighted by Crippen LogP contribution is -2.51. The third-order valence-corrected chi connectivity index (χ3v) is 6.45. The smallest absolute Gasteiger partial charge is 0.274 e. The number of anilines is 1. The first kappa shape index (κ1) is 20.3. The van der Waals surface area contributed by atoms with Crippen LogP contribution in [0.3, 0.4) is 0 Å². The van der Waals surface area contributed by atoms with Crippen LogP contribution in [0.25, 0.3) is 0 Å². The second-order valence-electron chi connectivity index (χ2n) is 7.48. The molecular formula is C21H20FN5O2S. The standard InChI is InChI=1S/C21H20FN5O2S/c1-12-9-29-11-21(16(12)10-30-20(24)27-21)15-6-14(3-4-17(15)22)26-19(28)18-5-2-13(7-23)8-25-18/h2-6,8,12,16H,9-11H2,1H3,(H2,24,27)(H,26,28). The summed E-state index contributed by atoms with van der Waals surface area (Å²) < 4.78 is 20.8. The highest BCUT2D eigenvalue weighted by atomic mass is 32.2. The van der Waals surface area contributed by atoms with Gasteiger partial charge in [-0.05, 0) is 36.2 Å². The van der Waals surface area contributed by atoms with Gasteiger partial charge in [-0.3, -0.25) is 4.79 Å². The second kappa shape index (κ2) is 8.05. The summed E-state index contributed by atoms with van der Waals surface area (Å²) in [4.78, 5) is 21.2. The van der Waals surface area contributed by atoms with Gasteiger partial charge in [0.2, 0.25) is 0 Å². The number of nitrogens with zero attached hydrogens (tertiary/aromatic N) is 3. The third-order valence-electron chi connectivity index (χ3n) is 5.54. The van der Waals surface area contributed by atoms with Crippen LogP contribution >= 0.6 is 11.8 Å². The van der Waals surface area contributed by atoms with E-state index in [1.54, 1.807) is 6.07 Å². The largest absolute Gasteiger partial charge is 0.379 e. The molecular weight excluding hydrogens is 405 g/mol. The van der Waals surface area contributed by atoms with E-state index in [9.17, 15) is 9.18 Å². The molecule has 9 heteroatoms. The van der Waals surface area contributed by atoms with Crippen molar-refractivity contribution in [2.24, 2.45) is 22.6 Å². The summed E-state index contributed by atoms with van der Waals surface area (Å²) in [6, 6.07) is 9.33. The van der Waals surface area contributed by atoms with E-state index >= 15 is 0 Å². The van der Waals surface area contributed by atoms with Crippen LogP contribution in [-0.4, -0.2) is 35.0 Å². The molecule has 0 radical (unpaired) electrons. The van der Waals surface area contributed by atoms with Crippen molar-refractivity contribution in [2.75, 3.05) is 24.3 Å². The monoisotopic (exact) mass is 425 g/mol. The zero-order valence-corrected chi connectivity index (χ0v) is 17.1. The molecule has 30 heavy (non-hydrogen) atoms. The molecule has 2 aromatic rings. The first-order valence-corrected chi connectivity index (χ1v) is 10.4. The van der Waals surface area contributed by atoms with E-state index < -0.39 is 17.3 Å². The summed E-state index contributed by atoms with van der Waals surface area (Å²) in [6.07, 6.45) is 1.33. The van der Waals surface area contributed by atoms with Crippen LogP contribution in [0.15, 0.2) is 41.5 Å². The maximum Gasteiger partial charge on any atom is 0.274 e. The number of rotatable bonds is 3. The van der Waals surface area contributed by atoms with Crippen LogP contribution in [0.2, 0.25) is 0 Å². The van der Waals surface area contributed by atoms with Crippen molar-refractivity contribution < 1.29 is 13.9 Å². The average molecular weight is 425 g/mol. The number of nitrogens with one attached hydrogen (secondary N) is 1. The first-order valence-electron chi connectivity index (χ1n) is 9.46. The lowest BCUT2D eigenvalue weighted by Gasteiger charge is -2.47. The van der Waals surface area contributed by atoms with Gasteiger partial charge < -0.3 is 15.8 Å². The molecule has 3 unspecified atom stereocenters. The summed E-state index contributed by atoms with van der Waals surface area (Å²) in [5.74, 6) is 0.0930. The molecule has 0 aliphatic carbocycles. The normalized spacial score (nSPS) is 25.6. The minimum absolute atomic E-state index is 0.0594. The number of hydrogen-bond acceptors (Lipinski definition) is 7. The number of nitriles is 1. The molecule has 1 aromatic carbocycles. The highest BCUT2D eigenvalue weighted by Crippen LogP contribution is 2.47. The van der Waals surface area contributed by atoms with Crippen molar-refractivity contribution in [3.63, 3.8) is 0 Å². The van der Waals surface area contributed by atoms with Gasteiger partial charge in [0.1, 0.15) is 23.1 Å².